The number of carbonyl (C=O) groups excluding carboxylic acids is 2. The van der Waals surface area contributed by atoms with Gasteiger partial charge in [0.2, 0.25) is 5.91 Å². The van der Waals surface area contributed by atoms with Gasteiger partial charge in [0, 0.05) is 22.8 Å². The highest BCUT2D eigenvalue weighted by Crippen LogP contribution is 2.38. The van der Waals surface area contributed by atoms with Crippen LogP contribution in [0.15, 0.2) is 30.3 Å². The van der Waals surface area contributed by atoms with E-state index in [1.54, 1.807) is 12.1 Å². The van der Waals surface area contributed by atoms with E-state index in [-0.39, 0.29) is 11.8 Å². The van der Waals surface area contributed by atoms with Crippen LogP contribution in [0, 0.1) is 6.92 Å². The molecule has 2 aliphatic rings. The Bertz CT molecular complexity index is 860. The summed E-state index contributed by atoms with van der Waals surface area (Å²) in [7, 11) is 0. The number of hydrogen-bond acceptors (Lipinski definition) is 2. The lowest BCUT2D eigenvalue weighted by molar-refractivity contribution is -0.117. The molecule has 2 aromatic carbocycles. The van der Waals surface area contributed by atoms with Gasteiger partial charge in [0.25, 0.3) is 5.91 Å². The fourth-order valence-electron chi connectivity index (χ4n) is 3.34. The van der Waals surface area contributed by atoms with E-state index in [9.17, 15) is 9.59 Å². The minimum Gasteiger partial charge on any atom is -0.322 e. The van der Waals surface area contributed by atoms with Crippen LogP contribution in [0.2, 0.25) is 5.02 Å². The Kier molecular flexibility index (Phi) is 3.16. The molecule has 4 rings (SSSR count). The van der Waals surface area contributed by atoms with Crippen LogP contribution in [-0.4, -0.2) is 18.4 Å². The molecule has 116 valence electrons. The lowest BCUT2D eigenvalue weighted by Crippen LogP contribution is -2.24. The van der Waals surface area contributed by atoms with Gasteiger partial charge in [-0.1, -0.05) is 17.7 Å². The summed E-state index contributed by atoms with van der Waals surface area (Å²) in [5, 5.41) is 3.50. The molecule has 0 aromatic heterocycles. The van der Waals surface area contributed by atoms with Gasteiger partial charge in [-0.25, -0.2) is 0 Å². The monoisotopic (exact) mass is 326 g/mol. The second kappa shape index (κ2) is 5.10. The van der Waals surface area contributed by atoms with E-state index in [1.807, 2.05) is 30.0 Å². The van der Waals surface area contributed by atoms with E-state index in [0.29, 0.717) is 22.7 Å². The highest BCUT2D eigenvalue weighted by atomic mass is 35.5. The molecule has 0 saturated heterocycles. The molecule has 1 N–H and O–H groups in total. The van der Waals surface area contributed by atoms with Gasteiger partial charge in [-0.3, -0.25) is 9.59 Å². The number of nitrogens with zero attached hydrogens (tertiary/aromatic N) is 1. The molecule has 0 atom stereocenters. The molecule has 2 amide bonds. The maximum Gasteiger partial charge on any atom is 0.255 e. The molecule has 23 heavy (non-hydrogen) atoms. The van der Waals surface area contributed by atoms with Gasteiger partial charge in [0.05, 0.1) is 12.1 Å². The lowest BCUT2D eigenvalue weighted by Gasteiger charge is -2.11. The Morgan fingerprint density at radius 1 is 1.22 bits per heavy atom. The smallest absolute Gasteiger partial charge is 0.255 e. The number of halogens is 1. The molecule has 4 nitrogen and oxygen atoms in total. The molecule has 2 aliphatic heterocycles. The zero-order valence-corrected chi connectivity index (χ0v) is 13.4. The topological polar surface area (TPSA) is 49.4 Å². The first-order valence-corrected chi connectivity index (χ1v) is 7.94. The molecule has 0 saturated carbocycles. The van der Waals surface area contributed by atoms with Gasteiger partial charge < -0.3 is 10.2 Å². The number of anilines is 2. The second-order valence-corrected chi connectivity index (χ2v) is 6.47. The van der Waals surface area contributed by atoms with E-state index in [0.717, 1.165) is 35.3 Å². The summed E-state index contributed by atoms with van der Waals surface area (Å²) in [6.07, 6.45) is 1.20. The lowest BCUT2D eigenvalue weighted by atomic mass is 10.0. The van der Waals surface area contributed by atoms with Gasteiger partial charge in [0.15, 0.2) is 0 Å². The largest absolute Gasteiger partial charge is 0.322 e. The van der Waals surface area contributed by atoms with Crippen molar-refractivity contribution in [1.82, 2.24) is 0 Å². The van der Waals surface area contributed by atoms with Gasteiger partial charge in [-0.15, -0.1) is 0 Å². The molecular formula is C18H15ClN2O2. The quantitative estimate of drug-likeness (QED) is 0.920. The zero-order chi connectivity index (χ0) is 16.1. The number of carbonyl (C=O) groups is 2. The molecule has 0 fully saturated rings. The van der Waals surface area contributed by atoms with Crippen molar-refractivity contribution in [2.24, 2.45) is 0 Å². The van der Waals surface area contributed by atoms with Crippen molar-refractivity contribution < 1.29 is 9.59 Å². The Hall–Kier alpha value is -2.33. The number of hydrogen-bond donors (Lipinski definition) is 1. The third-order valence-electron chi connectivity index (χ3n) is 4.50. The van der Waals surface area contributed by atoms with Crippen molar-refractivity contribution in [3.63, 3.8) is 0 Å². The fraction of sp³-hybridized carbons (Fsp3) is 0.222. The maximum absolute atomic E-state index is 12.6. The van der Waals surface area contributed by atoms with E-state index >= 15 is 0 Å². The molecule has 0 aliphatic carbocycles. The fourth-order valence-corrected chi connectivity index (χ4v) is 3.51. The average Bonchev–Trinajstić information content (AvgIpc) is 3.08. The summed E-state index contributed by atoms with van der Waals surface area (Å²) in [4.78, 5) is 26.4. The van der Waals surface area contributed by atoms with Crippen LogP contribution >= 0.6 is 11.6 Å². The summed E-state index contributed by atoms with van der Waals surface area (Å²) in [5.41, 5.74) is 5.31. The standard InChI is InChI=1S/C18H15ClN2O2/c1-10-2-3-14(19)9-15(10)20-18(23)13-6-11-4-5-21-16(22)8-12(7-13)17(11)21/h2-3,6-7,9H,4-5,8H2,1H3,(H,20,23). The molecule has 0 spiro atoms. The summed E-state index contributed by atoms with van der Waals surface area (Å²) < 4.78 is 0. The number of benzene rings is 2. The maximum atomic E-state index is 12.6. The Balaban J connectivity index is 1.67. The predicted octanol–water partition coefficient (Wildman–Crippen LogP) is 3.35. The van der Waals surface area contributed by atoms with E-state index < -0.39 is 0 Å². The van der Waals surface area contributed by atoms with E-state index in [2.05, 4.69) is 5.32 Å². The first kappa shape index (κ1) is 14.3. The highest BCUT2D eigenvalue weighted by Gasteiger charge is 2.34. The average molecular weight is 327 g/mol. The van der Waals surface area contributed by atoms with Crippen LogP contribution in [0.5, 0.6) is 0 Å². The van der Waals surface area contributed by atoms with Gasteiger partial charge in [0.1, 0.15) is 0 Å². The number of aryl methyl sites for hydroxylation is 1. The van der Waals surface area contributed by atoms with Crippen molar-refractivity contribution in [3.8, 4) is 0 Å². The Labute approximate surface area is 139 Å². The number of rotatable bonds is 2. The van der Waals surface area contributed by atoms with Crippen LogP contribution in [0.3, 0.4) is 0 Å². The number of nitrogens with one attached hydrogen (secondary N) is 1. The Morgan fingerprint density at radius 3 is 2.83 bits per heavy atom. The van der Waals surface area contributed by atoms with Crippen molar-refractivity contribution in [2.45, 2.75) is 19.8 Å². The highest BCUT2D eigenvalue weighted by molar-refractivity contribution is 6.31. The van der Waals surface area contributed by atoms with Gasteiger partial charge in [-0.05, 0) is 54.3 Å². The van der Waals surface area contributed by atoms with Crippen LogP contribution in [0.4, 0.5) is 11.4 Å². The van der Waals surface area contributed by atoms with Crippen molar-refractivity contribution in [1.29, 1.82) is 0 Å². The van der Waals surface area contributed by atoms with E-state index in [4.69, 9.17) is 11.6 Å². The van der Waals surface area contributed by atoms with Crippen LogP contribution in [0.25, 0.3) is 0 Å². The number of amides is 2. The first-order chi connectivity index (χ1) is 11.0. The Morgan fingerprint density at radius 2 is 2.00 bits per heavy atom. The van der Waals surface area contributed by atoms with Crippen molar-refractivity contribution in [3.05, 3.63) is 57.6 Å². The molecule has 2 aromatic rings. The van der Waals surface area contributed by atoms with Gasteiger partial charge in [-0.2, -0.15) is 0 Å². The van der Waals surface area contributed by atoms with Crippen LogP contribution < -0.4 is 10.2 Å². The predicted molar refractivity (Wildman–Crippen MR) is 90.3 cm³/mol. The normalized spacial score (nSPS) is 15.0. The van der Waals surface area contributed by atoms with Gasteiger partial charge >= 0.3 is 0 Å². The molecule has 0 unspecified atom stereocenters. The first-order valence-electron chi connectivity index (χ1n) is 7.56. The second-order valence-electron chi connectivity index (χ2n) is 6.03. The minimum atomic E-state index is -0.174. The zero-order valence-electron chi connectivity index (χ0n) is 12.6. The van der Waals surface area contributed by atoms with Crippen LogP contribution in [-0.2, 0) is 17.6 Å². The summed E-state index contributed by atoms with van der Waals surface area (Å²) in [5.74, 6) is -0.0470. The van der Waals surface area contributed by atoms with E-state index in [1.165, 1.54) is 0 Å². The molecule has 0 radical (unpaired) electrons. The van der Waals surface area contributed by atoms with Crippen molar-refractivity contribution in [2.75, 3.05) is 16.8 Å². The summed E-state index contributed by atoms with van der Waals surface area (Å²) in [6, 6.07) is 9.13. The third-order valence-corrected chi connectivity index (χ3v) is 4.73. The molecule has 2 heterocycles. The summed E-state index contributed by atoms with van der Waals surface area (Å²) >= 11 is 6.00. The SMILES string of the molecule is Cc1ccc(Cl)cc1NC(=O)c1cc2c3c(c1)CC(=O)N3CC2. The van der Waals surface area contributed by atoms with Crippen LogP contribution in [0.1, 0.15) is 27.0 Å². The molecule has 0 bridgehead atoms. The third kappa shape index (κ3) is 2.30. The molecule has 5 heteroatoms. The van der Waals surface area contributed by atoms with Crippen molar-refractivity contribution >= 4 is 34.8 Å². The minimum absolute atomic E-state index is 0.127. The molecular weight excluding hydrogens is 312 g/mol. The summed E-state index contributed by atoms with van der Waals surface area (Å²) in [6.45, 7) is 2.64.